The Morgan fingerprint density at radius 2 is 1.95 bits per heavy atom. The Labute approximate surface area is 117 Å². The standard InChI is InChI=1S/C16H28N2O/c1-14-6-7-15(19-14)16(2,3)8-11-18-10-5-9-17(4)12-13-18/h6-7H,5,8-13H2,1-4H3/p+2. The number of furan rings is 1. The molecule has 2 rings (SSSR count). The fraction of sp³-hybridized carbons (Fsp3) is 0.750. The van der Waals surface area contributed by atoms with E-state index >= 15 is 0 Å². The van der Waals surface area contributed by atoms with Gasteiger partial charge in [-0.2, -0.15) is 0 Å². The minimum Gasteiger partial charge on any atom is -0.466 e. The molecule has 1 aromatic heterocycles. The third kappa shape index (κ3) is 4.08. The van der Waals surface area contributed by atoms with E-state index in [1.807, 2.05) is 6.92 Å². The van der Waals surface area contributed by atoms with Gasteiger partial charge in [0.05, 0.1) is 26.7 Å². The van der Waals surface area contributed by atoms with Crippen LogP contribution in [-0.2, 0) is 5.41 Å². The zero-order valence-electron chi connectivity index (χ0n) is 13.0. The van der Waals surface area contributed by atoms with Gasteiger partial charge in [0.1, 0.15) is 24.6 Å². The van der Waals surface area contributed by atoms with E-state index in [1.165, 1.54) is 45.6 Å². The predicted molar refractivity (Wildman–Crippen MR) is 77.9 cm³/mol. The highest BCUT2D eigenvalue weighted by Crippen LogP contribution is 2.27. The van der Waals surface area contributed by atoms with Crippen LogP contribution in [0.3, 0.4) is 0 Å². The van der Waals surface area contributed by atoms with Crippen LogP contribution in [0.25, 0.3) is 0 Å². The highest BCUT2D eigenvalue weighted by molar-refractivity contribution is 5.14. The maximum atomic E-state index is 5.82. The summed E-state index contributed by atoms with van der Waals surface area (Å²) in [5.41, 5.74) is 0.159. The Kier molecular flexibility index (Phi) is 4.69. The van der Waals surface area contributed by atoms with Crippen molar-refractivity contribution in [1.29, 1.82) is 0 Å². The van der Waals surface area contributed by atoms with Crippen molar-refractivity contribution < 1.29 is 14.2 Å². The third-order valence-corrected chi connectivity index (χ3v) is 4.55. The summed E-state index contributed by atoms with van der Waals surface area (Å²) in [6.07, 6.45) is 2.57. The van der Waals surface area contributed by atoms with Gasteiger partial charge < -0.3 is 14.2 Å². The molecular formula is C16H30N2O+2. The summed E-state index contributed by atoms with van der Waals surface area (Å²) < 4.78 is 5.82. The Hall–Kier alpha value is -0.800. The molecule has 2 unspecified atom stereocenters. The second-order valence-electron chi connectivity index (χ2n) is 6.85. The van der Waals surface area contributed by atoms with E-state index in [2.05, 4.69) is 33.0 Å². The molecule has 19 heavy (non-hydrogen) atoms. The van der Waals surface area contributed by atoms with Gasteiger partial charge in [-0.15, -0.1) is 0 Å². The summed E-state index contributed by atoms with van der Waals surface area (Å²) in [6.45, 7) is 13.2. The maximum Gasteiger partial charge on any atom is 0.127 e. The first-order valence-corrected chi connectivity index (χ1v) is 7.69. The van der Waals surface area contributed by atoms with E-state index in [-0.39, 0.29) is 5.41 Å². The number of hydrogen-bond acceptors (Lipinski definition) is 1. The summed E-state index contributed by atoms with van der Waals surface area (Å²) in [6, 6.07) is 4.22. The molecule has 0 spiro atoms. The Morgan fingerprint density at radius 1 is 1.16 bits per heavy atom. The minimum atomic E-state index is 0.159. The highest BCUT2D eigenvalue weighted by Gasteiger charge is 2.27. The van der Waals surface area contributed by atoms with Gasteiger partial charge in [-0.05, 0) is 19.1 Å². The molecule has 1 aliphatic rings. The fourth-order valence-electron chi connectivity index (χ4n) is 2.94. The van der Waals surface area contributed by atoms with Gasteiger partial charge in [-0.25, -0.2) is 0 Å². The number of nitrogens with one attached hydrogen (secondary N) is 2. The number of quaternary nitrogens is 2. The molecule has 1 aromatic rings. The number of rotatable bonds is 4. The number of likely N-dealkylation sites (N-methyl/N-ethyl adjacent to an activating group) is 1. The van der Waals surface area contributed by atoms with Crippen LogP contribution in [0.4, 0.5) is 0 Å². The maximum absolute atomic E-state index is 5.82. The molecule has 3 nitrogen and oxygen atoms in total. The monoisotopic (exact) mass is 266 g/mol. The van der Waals surface area contributed by atoms with Crippen LogP contribution in [0.15, 0.2) is 16.5 Å². The zero-order chi connectivity index (χ0) is 13.9. The van der Waals surface area contributed by atoms with Gasteiger partial charge in [0.15, 0.2) is 0 Å². The van der Waals surface area contributed by atoms with Gasteiger partial charge in [0.25, 0.3) is 0 Å². The Bertz CT molecular complexity index is 397. The smallest absolute Gasteiger partial charge is 0.127 e. The van der Waals surface area contributed by atoms with Crippen molar-refractivity contribution in [3.8, 4) is 0 Å². The molecule has 0 aromatic carbocycles. The van der Waals surface area contributed by atoms with Gasteiger partial charge in [0.2, 0.25) is 0 Å². The topological polar surface area (TPSA) is 22.0 Å². The van der Waals surface area contributed by atoms with E-state index in [4.69, 9.17) is 4.42 Å². The molecule has 2 N–H and O–H groups in total. The first kappa shape index (κ1) is 14.6. The second-order valence-corrected chi connectivity index (χ2v) is 6.85. The molecule has 1 saturated heterocycles. The molecule has 0 radical (unpaired) electrons. The van der Waals surface area contributed by atoms with Gasteiger partial charge >= 0.3 is 0 Å². The molecule has 2 heterocycles. The largest absolute Gasteiger partial charge is 0.466 e. The summed E-state index contributed by atoms with van der Waals surface area (Å²) in [7, 11) is 2.32. The Morgan fingerprint density at radius 3 is 2.63 bits per heavy atom. The van der Waals surface area contributed by atoms with Crippen molar-refractivity contribution in [2.75, 3.05) is 39.8 Å². The second kappa shape index (κ2) is 6.10. The molecule has 0 aliphatic carbocycles. The lowest BCUT2D eigenvalue weighted by atomic mass is 9.86. The van der Waals surface area contributed by atoms with Crippen LogP contribution in [-0.4, -0.2) is 39.8 Å². The van der Waals surface area contributed by atoms with Crippen LogP contribution < -0.4 is 9.80 Å². The van der Waals surface area contributed by atoms with E-state index in [9.17, 15) is 0 Å². The predicted octanol–water partition coefficient (Wildman–Crippen LogP) is 0.0590. The zero-order valence-corrected chi connectivity index (χ0v) is 13.0. The molecule has 0 bridgehead atoms. The van der Waals surface area contributed by atoms with E-state index < -0.39 is 0 Å². The van der Waals surface area contributed by atoms with Crippen molar-refractivity contribution >= 4 is 0 Å². The Balaban J connectivity index is 1.87. The average molecular weight is 266 g/mol. The highest BCUT2D eigenvalue weighted by atomic mass is 16.3. The van der Waals surface area contributed by atoms with Crippen LogP contribution in [0.2, 0.25) is 0 Å². The third-order valence-electron chi connectivity index (χ3n) is 4.55. The lowest BCUT2D eigenvalue weighted by Gasteiger charge is -2.25. The molecule has 0 amide bonds. The van der Waals surface area contributed by atoms with Gasteiger partial charge in [0, 0.05) is 18.3 Å². The van der Waals surface area contributed by atoms with Gasteiger partial charge in [-0.1, -0.05) is 13.8 Å². The number of aryl methyl sites for hydroxylation is 1. The summed E-state index contributed by atoms with van der Waals surface area (Å²) in [4.78, 5) is 3.46. The molecule has 3 heteroatoms. The van der Waals surface area contributed by atoms with Crippen LogP contribution in [0.1, 0.15) is 38.2 Å². The van der Waals surface area contributed by atoms with E-state index in [0.717, 1.165) is 11.5 Å². The normalized spacial score (nSPS) is 25.3. The van der Waals surface area contributed by atoms with Crippen molar-refractivity contribution in [3.63, 3.8) is 0 Å². The van der Waals surface area contributed by atoms with E-state index in [0.29, 0.717) is 0 Å². The average Bonchev–Trinajstić information content (AvgIpc) is 2.69. The first-order chi connectivity index (χ1) is 8.97. The van der Waals surface area contributed by atoms with Crippen LogP contribution >= 0.6 is 0 Å². The molecule has 108 valence electrons. The quantitative estimate of drug-likeness (QED) is 0.790. The molecule has 0 saturated carbocycles. The van der Waals surface area contributed by atoms with Crippen molar-refractivity contribution in [1.82, 2.24) is 0 Å². The number of hydrogen-bond donors (Lipinski definition) is 2. The van der Waals surface area contributed by atoms with Crippen LogP contribution in [0, 0.1) is 6.92 Å². The molecule has 1 fully saturated rings. The molecular weight excluding hydrogens is 236 g/mol. The van der Waals surface area contributed by atoms with Crippen molar-refractivity contribution in [3.05, 3.63) is 23.7 Å². The van der Waals surface area contributed by atoms with E-state index in [1.54, 1.807) is 9.80 Å². The van der Waals surface area contributed by atoms with Crippen molar-refractivity contribution in [2.45, 2.75) is 39.0 Å². The lowest BCUT2D eigenvalue weighted by molar-refractivity contribution is -0.930. The van der Waals surface area contributed by atoms with Crippen LogP contribution in [0.5, 0.6) is 0 Å². The fourth-order valence-corrected chi connectivity index (χ4v) is 2.94. The summed E-state index contributed by atoms with van der Waals surface area (Å²) in [5, 5.41) is 0. The first-order valence-electron chi connectivity index (χ1n) is 7.69. The minimum absolute atomic E-state index is 0.159. The summed E-state index contributed by atoms with van der Waals surface area (Å²) >= 11 is 0. The molecule has 2 atom stereocenters. The lowest BCUT2D eigenvalue weighted by Crippen LogP contribution is -3.16. The summed E-state index contributed by atoms with van der Waals surface area (Å²) in [5.74, 6) is 2.16. The van der Waals surface area contributed by atoms with Crippen molar-refractivity contribution in [2.24, 2.45) is 0 Å². The van der Waals surface area contributed by atoms with Gasteiger partial charge in [-0.3, -0.25) is 0 Å². The molecule has 1 aliphatic heterocycles. The SMILES string of the molecule is Cc1ccc(C(C)(C)CC[NH+]2CCC[NH+](C)CC2)o1.